The van der Waals surface area contributed by atoms with E-state index in [0.717, 1.165) is 16.2 Å². The van der Waals surface area contributed by atoms with Gasteiger partial charge in [0, 0.05) is 21.4 Å². The molecule has 0 saturated carbocycles. The number of benzene rings is 1. The number of carbonyl (C=O) groups is 1. The molecule has 2 rings (SSSR count). The molecule has 0 fully saturated rings. The van der Waals surface area contributed by atoms with E-state index < -0.39 is 0 Å². The van der Waals surface area contributed by atoms with Crippen LogP contribution in [-0.4, -0.2) is 12.9 Å². The van der Waals surface area contributed by atoms with E-state index in [1.54, 1.807) is 13.2 Å². The fraction of sp³-hybridized carbons (Fsp3) is 0.154. The van der Waals surface area contributed by atoms with Gasteiger partial charge in [-0.1, -0.05) is 12.1 Å². The van der Waals surface area contributed by atoms with Gasteiger partial charge < -0.3 is 4.74 Å². The summed E-state index contributed by atoms with van der Waals surface area (Å²) in [7, 11) is 1.61. The van der Waals surface area contributed by atoms with Crippen molar-refractivity contribution in [3.8, 4) is 5.75 Å². The average molecular weight is 358 g/mol. The Labute approximate surface area is 118 Å². The molecule has 0 aliphatic carbocycles. The van der Waals surface area contributed by atoms with Crippen LogP contribution in [0.2, 0.25) is 0 Å². The molecule has 0 aliphatic rings. The molecule has 0 spiro atoms. The largest absolute Gasteiger partial charge is 0.496 e. The van der Waals surface area contributed by atoms with Crippen molar-refractivity contribution < 1.29 is 9.53 Å². The van der Waals surface area contributed by atoms with Crippen LogP contribution in [0, 0.1) is 3.57 Å². The lowest BCUT2D eigenvalue weighted by molar-refractivity contribution is 0.0996. The standard InChI is InChI=1S/C13H11IO2S/c1-16-11-7-13(17-8-11)12(15)6-9-2-4-10(14)5-3-9/h2-5,7-8H,6H2,1H3. The Balaban J connectivity index is 2.08. The van der Waals surface area contributed by atoms with Crippen molar-refractivity contribution in [2.45, 2.75) is 6.42 Å². The fourth-order valence-corrected chi connectivity index (χ4v) is 2.60. The number of hydrogen-bond acceptors (Lipinski definition) is 3. The van der Waals surface area contributed by atoms with E-state index in [1.807, 2.05) is 29.6 Å². The van der Waals surface area contributed by atoms with Crippen LogP contribution >= 0.6 is 33.9 Å². The third-order valence-corrected chi connectivity index (χ3v) is 4.03. The molecule has 0 saturated heterocycles. The molecule has 2 nitrogen and oxygen atoms in total. The maximum absolute atomic E-state index is 12.0. The summed E-state index contributed by atoms with van der Waals surface area (Å²) in [5.74, 6) is 0.889. The molecule has 88 valence electrons. The highest BCUT2D eigenvalue weighted by molar-refractivity contribution is 14.1. The second-order valence-corrected chi connectivity index (χ2v) is 5.73. The number of thiophene rings is 1. The van der Waals surface area contributed by atoms with Crippen molar-refractivity contribution in [1.29, 1.82) is 0 Å². The summed E-state index contributed by atoms with van der Waals surface area (Å²) in [4.78, 5) is 12.7. The van der Waals surface area contributed by atoms with Gasteiger partial charge in [-0.25, -0.2) is 0 Å². The number of Topliss-reactive ketones (excluding diaryl/α,β-unsaturated/α-hetero) is 1. The zero-order valence-corrected chi connectivity index (χ0v) is 12.2. The van der Waals surface area contributed by atoms with Crippen LogP contribution in [0.15, 0.2) is 35.7 Å². The van der Waals surface area contributed by atoms with Crippen molar-refractivity contribution in [1.82, 2.24) is 0 Å². The van der Waals surface area contributed by atoms with Gasteiger partial charge in [0.05, 0.1) is 12.0 Å². The Bertz CT molecular complexity index is 516. The van der Waals surface area contributed by atoms with Crippen LogP contribution in [0.25, 0.3) is 0 Å². The highest BCUT2D eigenvalue weighted by Crippen LogP contribution is 2.22. The number of halogens is 1. The Kier molecular flexibility index (Phi) is 4.17. The molecule has 2 aromatic rings. The SMILES string of the molecule is COc1csc(C(=O)Cc2ccc(I)cc2)c1. The normalized spacial score (nSPS) is 10.2. The zero-order chi connectivity index (χ0) is 12.3. The highest BCUT2D eigenvalue weighted by atomic mass is 127. The number of rotatable bonds is 4. The topological polar surface area (TPSA) is 26.3 Å². The molecule has 0 aliphatic heterocycles. The third-order valence-electron chi connectivity index (χ3n) is 2.36. The molecule has 0 N–H and O–H groups in total. The van der Waals surface area contributed by atoms with Gasteiger partial charge in [-0.2, -0.15) is 0 Å². The van der Waals surface area contributed by atoms with E-state index in [9.17, 15) is 4.79 Å². The Morgan fingerprint density at radius 3 is 2.65 bits per heavy atom. The number of methoxy groups -OCH3 is 1. The molecular weight excluding hydrogens is 347 g/mol. The van der Waals surface area contributed by atoms with E-state index >= 15 is 0 Å². The lowest BCUT2D eigenvalue weighted by atomic mass is 10.1. The van der Waals surface area contributed by atoms with E-state index in [2.05, 4.69) is 22.6 Å². The van der Waals surface area contributed by atoms with Gasteiger partial charge in [0.1, 0.15) is 5.75 Å². The molecule has 1 aromatic carbocycles. The molecule has 0 unspecified atom stereocenters. The lowest BCUT2D eigenvalue weighted by Crippen LogP contribution is -2.00. The van der Waals surface area contributed by atoms with Gasteiger partial charge in [-0.15, -0.1) is 11.3 Å². The van der Waals surface area contributed by atoms with Crippen LogP contribution in [-0.2, 0) is 6.42 Å². The second kappa shape index (κ2) is 5.64. The van der Waals surface area contributed by atoms with E-state index in [1.165, 1.54) is 14.9 Å². The minimum absolute atomic E-state index is 0.138. The second-order valence-electron chi connectivity index (χ2n) is 3.58. The molecule has 0 amide bonds. The third kappa shape index (κ3) is 3.29. The Hall–Kier alpha value is -0.880. The average Bonchev–Trinajstić information content (AvgIpc) is 2.81. The molecule has 4 heteroatoms. The molecule has 0 radical (unpaired) electrons. The zero-order valence-electron chi connectivity index (χ0n) is 9.27. The van der Waals surface area contributed by atoms with Gasteiger partial charge in [0.25, 0.3) is 0 Å². The summed E-state index contributed by atoms with van der Waals surface area (Å²) >= 11 is 3.68. The van der Waals surface area contributed by atoms with E-state index in [0.29, 0.717) is 6.42 Å². The molecule has 1 heterocycles. The van der Waals surface area contributed by atoms with Gasteiger partial charge in [0.2, 0.25) is 0 Å². The minimum atomic E-state index is 0.138. The van der Waals surface area contributed by atoms with Crippen LogP contribution in [0.1, 0.15) is 15.2 Å². The maximum Gasteiger partial charge on any atom is 0.177 e. The van der Waals surface area contributed by atoms with Crippen molar-refractivity contribution in [2.75, 3.05) is 7.11 Å². The van der Waals surface area contributed by atoms with Crippen molar-refractivity contribution in [2.24, 2.45) is 0 Å². The number of carbonyl (C=O) groups excluding carboxylic acids is 1. The smallest absolute Gasteiger partial charge is 0.177 e. The predicted molar refractivity (Wildman–Crippen MR) is 78.1 cm³/mol. The summed E-state index contributed by atoms with van der Waals surface area (Å²) in [6.07, 6.45) is 0.445. The summed E-state index contributed by atoms with van der Waals surface area (Å²) in [6, 6.07) is 9.80. The van der Waals surface area contributed by atoms with Crippen molar-refractivity contribution in [3.05, 3.63) is 49.7 Å². The first-order chi connectivity index (χ1) is 8.19. The van der Waals surface area contributed by atoms with Gasteiger partial charge >= 0.3 is 0 Å². The maximum atomic E-state index is 12.0. The predicted octanol–water partition coefficient (Wildman–Crippen LogP) is 3.79. The van der Waals surface area contributed by atoms with Gasteiger partial charge in [-0.3, -0.25) is 4.79 Å². The molecular formula is C13H11IO2S. The van der Waals surface area contributed by atoms with Crippen LogP contribution in [0.4, 0.5) is 0 Å². The monoisotopic (exact) mass is 358 g/mol. The number of hydrogen-bond donors (Lipinski definition) is 0. The first-order valence-electron chi connectivity index (χ1n) is 5.09. The van der Waals surface area contributed by atoms with Crippen LogP contribution in [0.3, 0.4) is 0 Å². The number of ether oxygens (including phenoxy) is 1. The molecule has 17 heavy (non-hydrogen) atoms. The minimum Gasteiger partial charge on any atom is -0.496 e. The first kappa shape index (κ1) is 12.6. The highest BCUT2D eigenvalue weighted by Gasteiger charge is 2.10. The summed E-state index contributed by atoms with van der Waals surface area (Å²) in [5.41, 5.74) is 1.04. The summed E-state index contributed by atoms with van der Waals surface area (Å²) < 4.78 is 6.25. The van der Waals surface area contributed by atoms with E-state index in [4.69, 9.17) is 4.74 Å². The first-order valence-corrected chi connectivity index (χ1v) is 7.05. The Morgan fingerprint density at radius 1 is 1.35 bits per heavy atom. The summed E-state index contributed by atoms with van der Waals surface area (Å²) in [5, 5.41) is 1.85. The number of ketones is 1. The van der Waals surface area contributed by atoms with Gasteiger partial charge in [-0.05, 0) is 40.3 Å². The molecule has 0 bridgehead atoms. The van der Waals surface area contributed by atoms with Crippen molar-refractivity contribution in [3.63, 3.8) is 0 Å². The van der Waals surface area contributed by atoms with Crippen molar-refractivity contribution >= 4 is 39.7 Å². The van der Waals surface area contributed by atoms with E-state index in [-0.39, 0.29) is 5.78 Å². The summed E-state index contributed by atoms with van der Waals surface area (Å²) in [6.45, 7) is 0. The molecule has 0 atom stereocenters. The van der Waals surface area contributed by atoms with Crippen LogP contribution in [0.5, 0.6) is 5.75 Å². The fourth-order valence-electron chi connectivity index (χ4n) is 1.45. The Morgan fingerprint density at radius 2 is 2.06 bits per heavy atom. The van der Waals surface area contributed by atoms with Gasteiger partial charge in [0.15, 0.2) is 5.78 Å². The van der Waals surface area contributed by atoms with Crippen LogP contribution < -0.4 is 4.74 Å². The quantitative estimate of drug-likeness (QED) is 0.614. The molecule has 1 aromatic heterocycles. The lowest BCUT2D eigenvalue weighted by Gasteiger charge is -1.99.